The van der Waals surface area contributed by atoms with Gasteiger partial charge in [0.2, 0.25) is 0 Å². The van der Waals surface area contributed by atoms with E-state index in [4.69, 9.17) is 4.74 Å². The third kappa shape index (κ3) is 4.93. The average Bonchev–Trinajstić information content (AvgIpc) is 3.17. The molecule has 0 fully saturated rings. The van der Waals surface area contributed by atoms with Gasteiger partial charge in [-0.3, -0.25) is 4.79 Å². The number of thiophene rings is 1. The zero-order valence-corrected chi connectivity index (χ0v) is 14.6. The van der Waals surface area contributed by atoms with Crippen molar-refractivity contribution < 1.29 is 24.5 Å². The molecule has 0 aliphatic carbocycles. The largest absolute Gasteiger partial charge is 0.508 e. The number of aromatic hydroxyl groups is 2. The fourth-order valence-electron chi connectivity index (χ4n) is 2.13. The number of benzene rings is 2. The highest BCUT2D eigenvalue weighted by Crippen LogP contribution is 2.20. The van der Waals surface area contributed by atoms with E-state index in [-0.39, 0.29) is 17.1 Å². The normalized spacial score (nSPS) is 10.7. The second kappa shape index (κ2) is 8.15. The van der Waals surface area contributed by atoms with Gasteiger partial charge in [0.05, 0.1) is 6.21 Å². The fourth-order valence-corrected chi connectivity index (χ4v) is 2.73. The van der Waals surface area contributed by atoms with Gasteiger partial charge in [0.25, 0.3) is 5.91 Å². The van der Waals surface area contributed by atoms with Crippen LogP contribution in [0.3, 0.4) is 0 Å². The monoisotopic (exact) mass is 382 g/mol. The molecule has 1 amide bonds. The van der Waals surface area contributed by atoms with Gasteiger partial charge in [-0.05, 0) is 53.4 Å². The molecule has 8 heteroatoms. The third-order valence-electron chi connectivity index (χ3n) is 3.36. The summed E-state index contributed by atoms with van der Waals surface area (Å²) in [6.07, 6.45) is 1.41. The Morgan fingerprint density at radius 1 is 1.04 bits per heavy atom. The maximum absolute atomic E-state index is 11.9. The van der Waals surface area contributed by atoms with Crippen LogP contribution in [0.1, 0.15) is 25.6 Å². The van der Waals surface area contributed by atoms with Gasteiger partial charge < -0.3 is 14.9 Å². The SMILES string of the molecule is O=C(N/N=C/c1ccc(OC(=O)c2cccs2)cc1)c1cc(O)cc(O)c1. The minimum Gasteiger partial charge on any atom is -0.508 e. The Morgan fingerprint density at radius 2 is 1.74 bits per heavy atom. The molecule has 3 aromatic rings. The summed E-state index contributed by atoms with van der Waals surface area (Å²) in [5.74, 6) is -1.06. The van der Waals surface area contributed by atoms with E-state index in [0.29, 0.717) is 16.2 Å². The van der Waals surface area contributed by atoms with Crippen molar-refractivity contribution >= 4 is 29.4 Å². The number of esters is 1. The summed E-state index contributed by atoms with van der Waals surface area (Å²) < 4.78 is 5.25. The number of hydrazone groups is 1. The highest BCUT2D eigenvalue weighted by molar-refractivity contribution is 7.12. The number of rotatable bonds is 5. The molecule has 3 N–H and O–H groups in total. The maximum atomic E-state index is 11.9. The Bertz CT molecular complexity index is 962. The average molecular weight is 382 g/mol. The molecule has 7 nitrogen and oxygen atoms in total. The molecule has 3 rings (SSSR count). The predicted octanol–water partition coefficient (Wildman–Crippen LogP) is 3.14. The third-order valence-corrected chi connectivity index (χ3v) is 4.21. The van der Waals surface area contributed by atoms with Gasteiger partial charge in [0.15, 0.2) is 0 Å². The highest BCUT2D eigenvalue weighted by atomic mass is 32.1. The van der Waals surface area contributed by atoms with E-state index in [1.54, 1.807) is 41.8 Å². The summed E-state index contributed by atoms with van der Waals surface area (Å²) >= 11 is 1.30. The number of carbonyl (C=O) groups is 2. The number of nitrogens with one attached hydrogen (secondary N) is 1. The van der Waals surface area contributed by atoms with Gasteiger partial charge in [-0.2, -0.15) is 5.10 Å². The summed E-state index contributed by atoms with van der Waals surface area (Å²) in [6, 6.07) is 13.6. The molecule has 0 saturated heterocycles. The second-order valence-electron chi connectivity index (χ2n) is 5.37. The van der Waals surface area contributed by atoms with E-state index in [1.165, 1.54) is 29.7 Å². The maximum Gasteiger partial charge on any atom is 0.353 e. The number of hydrogen-bond acceptors (Lipinski definition) is 7. The summed E-state index contributed by atoms with van der Waals surface area (Å²) in [4.78, 5) is 24.3. The first-order valence-corrected chi connectivity index (χ1v) is 8.61. The molecular formula is C19H14N2O5S. The van der Waals surface area contributed by atoms with Crippen LogP contribution < -0.4 is 10.2 Å². The summed E-state index contributed by atoms with van der Waals surface area (Å²) in [7, 11) is 0. The molecule has 0 radical (unpaired) electrons. The van der Waals surface area contributed by atoms with Crippen LogP contribution in [0, 0.1) is 0 Å². The van der Waals surface area contributed by atoms with Crippen molar-refractivity contribution in [1.29, 1.82) is 0 Å². The van der Waals surface area contributed by atoms with Crippen LogP contribution in [0.25, 0.3) is 0 Å². The molecule has 136 valence electrons. The Morgan fingerprint density at radius 3 is 2.37 bits per heavy atom. The van der Waals surface area contributed by atoms with Gasteiger partial charge in [-0.15, -0.1) is 11.3 Å². The lowest BCUT2D eigenvalue weighted by Gasteiger charge is -2.03. The van der Waals surface area contributed by atoms with Gasteiger partial charge >= 0.3 is 5.97 Å². The topological polar surface area (TPSA) is 108 Å². The van der Waals surface area contributed by atoms with E-state index >= 15 is 0 Å². The van der Waals surface area contributed by atoms with Crippen molar-refractivity contribution in [2.24, 2.45) is 5.10 Å². The Labute approximate surface area is 158 Å². The lowest BCUT2D eigenvalue weighted by atomic mass is 10.2. The molecule has 0 unspecified atom stereocenters. The number of phenols is 2. The van der Waals surface area contributed by atoms with Gasteiger partial charge in [0, 0.05) is 11.6 Å². The van der Waals surface area contributed by atoms with Crippen molar-refractivity contribution in [3.8, 4) is 17.2 Å². The first-order valence-electron chi connectivity index (χ1n) is 7.73. The van der Waals surface area contributed by atoms with Crippen LogP contribution >= 0.6 is 11.3 Å². The Kier molecular flexibility index (Phi) is 5.48. The number of amides is 1. The van der Waals surface area contributed by atoms with Crippen LogP contribution in [0.5, 0.6) is 17.2 Å². The van der Waals surface area contributed by atoms with E-state index in [9.17, 15) is 19.8 Å². The highest BCUT2D eigenvalue weighted by Gasteiger charge is 2.09. The molecule has 27 heavy (non-hydrogen) atoms. The molecule has 0 atom stereocenters. The fraction of sp³-hybridized carbons (Fsp3) is 0. The van der Waals surface area contributed by atoms with Crippen molar-refractivity contribution in [3.05, 3.63) is 76.0 Å². The number of hydrogen-bond donors (Lipinski definition) is 3. The van der Waals surface area contributed by atoms with Crippen LogP contribution in [0.4, 0.5) is 0 Å². The number of carbonyl (C=O) groups excluding carboxylic acids is 2. The van der Waals surface area contributed by atoms with Crippen LogP contribution in [-0.2, 0) is 0 Å². The molecule has 1 aromatic heterocycles. The smallest absolute Gasteiger partial charge is 0.353 e. The molecular weight excluding hydrogens is 368 g/mol. The van der Waals surface area contributed by atoms with Gasteiger partial charge in [-0.1, -0.05) is 6.07 Å². The lowest BCUT2D eigenvalue weighted by molar-refractivity contribution is 0.0739. The van der Waals surface area contributed by atoms with Gasteiger partial charge in [-0.25, -0.2) is 10.2 Å². The van der Waals surface area contributed by atoms with Crippen LogP contribution in [-0.4, -0.2) is 28.3 Å². The standard InChI is InChI=1S/C19H14N2O5S/c22-14-8-13(9-15(23)10-14)18(24)21-20-11-12-3-5-16(6-4-12)26-19(25)17-2-1-7-27-17/h1-11,22-23H,(H,21,24)/b20-11+. The first-order chi connectivity index (χ1) is 13.0. The van der Waals surface area contributed by atoms with E-state index in [1.807, 2.05) is 0 Å². The number of phenolic OH excluding ortho intramolecular Hbond substituents is 2. The Hall–Kier alpha value is -3.65. The molecule has 1 heterocycles. The summed E-state index contributed by atoms with van der Waals surface area (Å²) in [5, 5.41) is 24.4. The van der Waals surface area contributed by atoms with Gasteiger partial charge in [0.1, 0.15) is 22.1 Å². The lowest BCUT2D eigenvalue weighted by Crippen LogP contribution is -2.17. The van der Waals surface area contributed by atoms with E-state index < -0.39 is 11.9 Å². The molecule has 0 aliphatic heterocycles. The van der Waals surface area contributed by atoms with E-state index in [2.05, 4.69) is 10.5 Å². The van der Waals surface area contributed by atoms with Crippen molar-refractivity contribution in [1.82, 2.24) is 5.43 Å². The molecule has 0 spiro atoms. The van der Waals surface area contributed by atoms with Crippen molar-refractivity contribution in [2.75, 3.05) is 0 Å². The van der Waals surface area contributed by atoms with Crippen molar-refractivity contribution in [3.63, 3.8) is 0 Å². The van der Waals surface area contributed by atoms with Crippen LogP contribution in [0.15, 0.2) is 65.1 Å². The zero-order valence-electron chi connectivity index (χ0n) is 13.8. The minimum absolute atomic E-state index is 0.0699. The van der Waals surface area contributed by atoms with E-state index in [0.717, 1.165) is 6.07 Å². The zero-order chi connectivity index (χ0) is 19.2. The quantitative estimate of drug-likeness (QED) is 0.272. The molecule has 0 saturated carbocycles. The number of nitrogens with zero attached hydrogens (tertiary/aromatic N) is 1. The summed E-state index contributed by atoms with van der Waals surface area (Å²) in [6.45, 7) is 0. The second-order valence-corrected chi connectivity index (χ2v) is 6.32. The molecule has 2 aromatic carbocycles. The first kappa shape index (κ1) is 18.2. The van der Waals surface area contributed by atoms with Crippen molar-refractivity contribution in [2.45, 2.75) is 0 Å². The molecule has 0 bridgehead atoms. The summed E-state index contributed by atoms with van der Waals surface area (Å²) in [5.41, 5.74) is 3.03. The number of ether oxygens (including phenoxy) is 1. The minimum atomic E-state index is -0.584. The molecule has 0 aliphatic rings. The van der Waals surface area contributed by atoms with Crippen LogP contribution in [0.2, 0.25) is 0 Å². The Balaban J connectivity index is 1.57. The predicted molar refractivity (Wildman–Crippen MR) is 101 cm³/mol.